The van der Waals surface area contributed by atoms with Gasteiger partial charge in [-0.05, 0) is 64.3 Å². The second-order valence-corrected chi connectivity index (χ2v) is 7.24. The van der Waals surface area contributed by atoms with Crippen molar-refractivity contribution >= 4 is 0 Å². The molecule has 0 amide bonds. The summed E-state index contributed by atoms with van der Waals surface area (Å²) in [7, 11) is 2.21. The lowest BCUT2D eigenvalue weighted by molar-refractivity contribution is 0.208. The molecule has 2 fully saturated rings. The second kappa shape index (κ2) is 6.98. The summed E-state index contributed by atoms with van der Waals surface area (Å²) in [6, 6.07) is 8.90. The molecular weight excluding hydrogens is 298 g/mol. The zero-order valence-electron chi connectivity index (χ0n) is 14.5. The molecule has 2 aromatic rings. The number of imidazole rings is 1. The highest BCUT2D eigenvalue weighted by molar-refractivity contribution is 5.64. The van der Waals surface area contributed by atoms with Gasteiger partial charge in [-0.2, -0.15) is 0 Å². The molecule has 1 aliphatic heterocycles. The first-order valence-electron chi connectivity index (χ1n) is 9.28. The third-order valence-electron chi connectivity index (χ3n) is 5.39. The molecule has 4 nitrogen and oxygen atoms in total. The maximum atomic E-state index is 6.33. The van der Waals surface area contributed by atoms with Crippen LogP contribution in [0, 0.1) is 0 Å². The van der Waals surface area contributed by atoms with E-state index in [4.69, 9.17) is 4.74 Å². The van der Waals surface area contributed by atoms with Gasteiger partial charge < -0.3 is 14.2 Å². The molecule has 1 saturated heterocycles. The zero-order chi connectivity index (χ0) is 16.4. The van der Waals surface area contributed by atoms with Crippen molar-refractivity contribution in [3.8, 4) is 17.1 Å². The highest BCUT2D eigenvalue weighted by atomic mass is 16.5. The van der Waals surface area contributed by atoms with E-state index in [-0.39, 0.29) is 0 Å². The van der Waals surface area contributed by atoms with Crippen LogP contribution in [0.2, 0.25) is 0 Å². The van der Waals surface area contributed by atoms with Crippen LogP contribution in [0.5, 0.6) is 5.75 Å². The molecule has 24 heavy (non-hydrogen) atoms. The van der Waals surface area contributed by atoms with Gasteiger partial charge in [0.15, 0.2) is 0 Å². The molecule has 1 aromatic carbocycles. The number of hydrogen-bond acceptors (Lipinski definition) is 3. The highest BCUT2D eigenvalue weighted by Crippen LogP contribution is 2.34. The van der Waals surface area contributed by atoms with E-state index >= 15 is 0 Å². The van der Waals surface area contributed by atoms with Crippen LogP contribution in [0.1, 0.15) is 44.6 Å². The molecule has 0 spiro atoms. The Labute approximate surface area is 144 Å². The van der Waals surface area contributed by atoms with Crippen LogP contribution in [-0.4, -0.2) is 40.7 Å². The minimum atomic E-state index is 0.371. The number of benzene rings is 1. The van der Waals surface area contributed by atoms with Crippen molar-refractivity contribution in [2.75, 3.05) is 20.1 Å². The van der Waals surface area contributed by atoms with Crippen LogP contribution in [0.15, 0.2) is 36.7 Å². The topological polar surface area (TPSA) is 30.3 Å². The third kappa shape index (κ3) is 3.20. The molecular formula is C20H27N3O. The molecule has 2 aliphatic rings. The summed E-state index contributed by atoms with van der Waals surface area (Å²) in [4.78, 5) is 7.10. The molecule has 4 heteroatoms. The number of aromatic nitrogens is 2. The van der Waals surface area contributed by atoms with Gasteiger partial charge in [-0.15, -0.1) is 0 Å². The fourth-order valence-electron chi connectivity index (χ4n) is 4.12. The molecule has 1 atom stereocenters. The van der Waals surface area contributed by atoms with Gasteiger partial charge in [0.05, 0.1) is 11.7 Å². The largest absolute Gasteiger partial charge is 0.490 e. The van der Waals surface area contributed by atoms with Crippen LogP contribution in [0.3, 0.4) is 0 Å². The van der Waals surface area contributed by atoms with Crippen LogP contribution < -0.4 is 4.74 Å². The first-order chi connectivity index (χ1) is 11.8. The van der Waals surface area contributed by atoms with E-state index < -0.39 is 0 Å². The number of nitrogens with zero attached hydrogens (tertiary/aromatic N) is 3. The van der Waals surface area contributed by atoms with Gasteiger partial charge in [-0.25, -0.2) is 4.98 Å². The fourth-order valence-corrected chi connectivity index (χ4v) is 4.12. The molecule has 0 radical (unpaired) electrons. The molecule has 0 bridgehead atoms. The Morgan fingerprint density at radius 1 is 1.08 bits per heavy atom. The Morgan fingerprint density at radius 2 is 1.92 bits per heavy atom. The van der Waals surface area contributed by atoms with Crippen molar-refractivity contribution in [1.82, 2.24) is 14.5 Å². The Morgan fingerprint density at radius 3 is 2.75 bits per heavy atom. The maximum Gasteiger partial charge on any atom is 0.143 e. The Hall–Kier alpha value is -1.81. The lowest BCUT2D eigenvalue weighted by Gasteiger charge is -2.31. The van der Waals surface area contributed by atoms with E-state index in [1.165, 1.54) is 45.1 Å². The molecule has 1 aromatic heterocycles. The summed E-state index contributed by atoms with van der Waals surface area (Å²) < 4.78 is 8.68. The van der Waals surface area contributed by atoms with Crippen molar-refractivity contribution in [3.63, 3.8) is 0 Å². The van der Waals surface area contributed by atoms with Gasteiger partial charge in [-0.1, -0.05) is 12.1 Å². The molecule has 1 saturated carbocycles. The van der Waals surface area contributed by atoms with Gasteiger partial charge in [0, 0.05) is 25.0 Å². The zero-order valence-corrected chi connectivity index (χ0v) is 14.5. The van der Waals surface area contributed by atoms with Gasteiger partial charge in [0.1, 0.15) is 11.6 Å². The average molecular weight is 325 g/mol. The number of rotatable bonds is 4. The van der Waals surface area contributed by atoms with E-state index in [1.807, 2.05) is 6.20 Å². The van der Waals surface area contributed by atoms with E-state index in [0.717, 1.165) is 23.7 Å². The van der Waals surface area contributed by atoms with Crippen molar-refractivity contribution in [1.29, 1.82) is 0 Å². The Balaban J connectivity index is 1.63. The first kappa shape index (κ1) is 15.7. The smallest absolute Gasteiger partial charge is 0.143 e. The Bertz CT molecular complexity index is 675. The standard InChI is InChI=1S/C20H27N3O/c1-22-13-6-7-16(15-22)23-14-12-21-20(23)18-10-4-5-11-19(18)24-17-8-2-3-9-17/h4-5,10-12,14,16-17H,2-3,6-9,13,15H2,1H3. The van der Waals surface area contributed by atoms with Crippen molar-refractivity contribution in [2.24, 2.45) is 0 Å². The lowest BCUT2D eigenvalue weighted by Crippen LogP contribution is -2.33. The monoisotopic (exact) mass is 325 g/mol. The first-order valence-corrected chi connectivity index (χ1v) is 9.28. The normalized spacial score (nSPS) is 22.8. The van der Waals surface area contributed by atoms with Crippen molar-refractivity contribution < 1.29 is 4.74 Å². The predicted molar refractivity (Wildman–Crippen MR) is 96.3 cm³/mol. The minimum absolute atomic E-state index is 0.371. The molecule has 1 aliphatic carbocycles. The number of piperidine rings is 1. The summed E-state index contributed by atoms with van der Waals surface area (Å²) >= 11 is 0. The van der Waals surface area contributed by atoms with Crippen molar-refractivity contribution in [3.05, 3.63) is 36.7 Å². The van der Waals surface area contributed by atoms with Crippen LogP contribution in [-0.2, 0) is 0 Å². The van der Waals surface area contributed by atoms with Crippen LogP contribution in [0.4, 0.5) is 0 Å². The minimum Gasteiger partial charge on any atom is -0.490 e. The summed E-state index contributed by atoms with van der Waals surface area (Å²) in [5.74, 6) is 2.03. The summed E-state index contributed by atoms with van der Waals surface area (Å²) in [6.45, 7) is 2.29. The predicted octanol–water partition coefficient (Wildman–Crippen LogP) is 4.14. The number of ether oxygens (including phenoxy) is 1. The number of para-hydroxylation sites is 1. The number of likely N-dealkylation sites (N-methyl/N-ethyl adjacent to an activating group) is 1. The van der Waals surface area contributed by atoms with Gasteiger partial charge in [0.2, 0.25) is 0 Å². The summed E-state index contributed by atoms with van der Waals surface area (Å²) in [6.07, 6.45) is 11.8. The van der Waals surface area contributed by atoms with Gasteiger partial charge in [0.25, 0.3) is 0 Å². The summed E-state index contributed by atoms with van der Waals surface area (Å²) in [5, 5.41) is 0. The van der Waals surface area contributed by atoms with E-state index in [9.17, 15) is 0 Å². The number of likely N-dealkylation sites (tertiary alicyclic amines) is 1. The van der Waals surface area contributed by atoms with Crippen LogP contribution in [0.25, 0.3) is 11.4 Å². The van der Waals surface area contributed by atoms with Gasteiger partial charge >= 0.3 is 0 Å². The van der Waals surface area contributed by atoms with E-state index in [0.29, 0.717) is 12.1 Å². The van der Waals surface area contributed by atoms with Crippen LogP contribution >= 0.6 is 0 Å². The number of hydrogen-bond donors (Lipinski definition) is 0. The van der Waals surface area contributed by atoms with E-state index in [2.05, 4.69) is 52.0 Å². The molecule has 0 N–H and O–H groups in total. The lowest BCUT2D eigenvalue weighted by atomic mass is 10.1. The summed E-state index contributed by atoms with van der Waals surface area (Å²) in [5.41, 5.74) is 1.13. The molecule has 4 rings (SSSR count). The second-order valence-electron chi connectivity index (χ2n) is 7.24. The Kier molecular flexibility index (Phi) is 4.56. The maximum absolute atomic E-state index is 6.33. The molecule has 128 valence electrons. The van der Waals surface area contributed by atoms with E-state index in [1.54, 1.807) is 0 Å². The average Bonchev–Trinajstić information content (AvgIpc) is 3.27. The SMILES string of the molecule is CN1CCCC(n2ccnc2-c2ccccc2OC2CCCC2)C1. The third-order valence-corrected chi connectivity index (χ3v) is 5.39. The fraction of sp³-hybridized carbons (Fsp3) is 0.550. The molecule has 1 unspecified atom stereocenters. The van der Waals surface area contributed by atoms with Crippen molar-refractivity contribution in [2.45, 2.75) is 50.7 Å². The molecule has 2 heterocycles. The quantitative estimate of drug-likeness (QED) is 0.846. The highest BCUT2D eigenvalue weighted by Gasteiger charge is 2.24. The van der Waals surface area contributed by atoms with Gasteiger partial charge in [-0.3, -0.25) is 0 Å².